The molecule has 0 spiro atoms. The Hall–Kier alpha value is -3.69. The van der Waals surface area contributed by atoms with Crippen LogP contribution in [0.5, 0.6) is 17.2 Å². The van der Waals surface area contributed by atoms with Crippen LogP contribution in [0.15, 0.2) is 60.7 Å². The molecular formula is C22H16ClN3O5S. The number of rotatable bonds is 6. The minimum absolute atomic E-state index is 0.00312. The molecule has 0 aliphatic rings. The summed E-state index contributed by atoms with van der Waals surface area (Å²) >= 11 is 7.27. The van der Waals surface area contributed by atoms with Crippen molar-refractivity contribution in [2.24, 2.45) is 0 Å². The number of carbonyl (C=O) groups excluding carboxylic acids is 1. The fraction of sp³-hybridized carbons (Fsp3) is 0.0909. The summed E-state index contributed by atoms with van der Waals surface area (Å²) in [5.74, 6) is 0.185. The molecule has 3 aromatic carbocycles. The molecule has 0 unspecified atom stereocenters. The summed E-state index contributed by atoms with van der Waals surface area (Å²) in [6.07, 6.45) is 0. The molecule has 1 aromatic heterocycles. The van der Waals surface area contributed by atoms with E-state index in [-0.39, 0.29) is 33.9 Å². The Kier molecular flexibility index (Phi) is 5.93. The van der Waals surface area contributed by atoms with E-state index in [4.69, 9.17) is 21.1 Å². The number of carbonyl (C=O) groups is 1. The first-order chi connectivity index (χ1) is 15.4. The number of nitro groups is 1. The zero-order valence-electron chi connectivity index (χ0n) is 16.9. The van der Waals surface area contributed by atoms with Crippen molar-refractivity contribution in [2.45, 2.75) is 0 Å². The Morgan fingerprint density at radius 3 is 2.56 bits per heavy atom. The van der Waals surface area contributed by atoms with Gasteiger partial charge in [-0.25, -0.2) is 4.98 Å². The lowest BCUT2D eigenvalue weighted by atomic mass is 10.1. The minimum atomic E-state index is -0.585. The zero-order chi connectivity index (χ0) is 22.8. The number of ether oxygens (including phenoxy) is 2. The molecule has 1 amide bonds. The molecule has 8 nitrogen and oxygen atoms in total. The lowest BCUT2D eigenvalue weighted by Crippen LogP contribution is -2.26. The van der Waals surface area contributed by atoms with Gasteiger partial charge in [0.25, 0.3) is 5.91 Å². The summed E-state index contributed by atoms with van der Waals surface area (Å²) in [4.78, 5) is 29.7. The second kappa shape index (κ2) is 8.81. The molecule has 1 heterocycles. The second-order valence-electron chi connectivity index (χ2n) is 6.67. The Balaban J connectivity index is 1.62. The van der Waals surface area contributed by atoms with Crippen LogP contribution in [0.4, 0.5) is 10.8 Å². The highest BCUT2D eigenvalue weighted by Crippen LogP contribution is 2.38. The summed E-state index contributed by atoms with van der Waals surface area (Å²) in [5, 5.41) is 12.1. The molecule has 4 rings (SSSR count). The topological polar surface area (TPSA) is 94.8 Å². The molecule has 0 radical (unpaired) electrons. The van der Waals surface area contributed by atoms with Gasteiger partial charge in [0, 0.05) is 23.7 Å². The maximum Gasteiger partial charge on any atom is 0.313 e. The van der Waals surface area contributed by atoms with Gasteiger partial charge in [-0.1, -0.05) is 35.1 Å². The third kappa shape index (κ3) is 4.20. The number of halogens is 1. The predicted octanol–water partition coefficient (Wildman–Crippen LogP) is 5.94. The fourth-order valence-electron chi connectivity index (χ4n) is 3.01. The third-order valence-corrected chi connectivity index (χ3v) is 5.97. The average Bonchev–Trinajstić information content (AvgIpc) is 3.23. The van der Waals surface area contributed by atoms with E-state index in [2.05, 4.69) is 4.98 Å². The summed E-state index contributed by atoms with van der Waals surface area (Å²) in [6, 6.07) is 16.3. The molecule has 0 saturated carbocycles. The molecule has 162 valence electrons. The largest absolute Gasteiger partial charge is 0.493 e. The first-order valence-electron chi connectivity index (χ1n) is 9.31. The third-order valence-electron chi connectivity index (χ3n) is 4.62. The average molecular weight is 470 g/mol. The van der Waals surface area contributed by atoms with Crippen molar-refractivity contribution >= 4 is 49.9 Å². The Morgan fingerprint density at radius 1 is 1.09 bits per heavy atom. The molecule has 0 bridgehead atoms. The lowest BCUT2D eigenvalue weighted by molar-refractivity contribution is -0.385. The SMILES string of the molecule is COc1cc(C(=O)N(C)c2nc3ccccc3s2)ccc1Oc1ccc(Cl)cc1[N+](=O)[O-]. The molecule has 0 N–H and O–H groups in total. The molecule has 0 atom stereocenters. The highest BCUT2D eigenvalue weighted by Gasteiger charge is 2.21. The number of nitro benzene ring substituents is 1. The van der Waals surface area contributed by atoms with Crippen LogP contribution in [0, 0.1) is 10.1 Å². The van der Waals surface area contributed by atoms with Gasteiger partial charge >= 0.3 is 5.69 Å². The van der Waals surface area contributed by atoms with Gasteiger partial charge in [-0.3, -0.25) is 19.8 Å². The van der Waals surface area contributed by atoms with E-state index in [1.165, 1.54) is 53.7 Å². The number of fused-ring (bicyclic) bond motifs is 1. The van der Waals surface area contributed by atoms with Crippen molar-refractivity contribution in [1.29, 1.82) is 0 Å². The van der Waals surface area contributed by atoms with E-state index in [1.807, 2.05) is 24.3 Å². The van der Waals surface area contributed by atoms with Gasteiger partial charge in [-0.05, 0) is 42.5 Å². The Labute approximate surface area is 191 Å². The van der Waals surface area contributed by atoms with Gasteiger partial charge in [0.15, 0.2) is 16.6 Å². The predicted molar refractivity (Wildman–Crippen MR) is 124 cm³/mol. The van der Waals surface area contributed by atoms with E-state index in [0.717, 1.165) is 10.2 Å². The van der Waals surface area contributed by atoms with E-state index < -0.39 is 4.92 Å². The molecule has 0 aliphatic heterocycles. The number of methoxy groups -OCH3 is 1. The Morgan fingerprint density at radius 2 is 1.84 bits per heavy atom. The highest BCUT2D eigenvalue weighted by molar-refractivity contribution is 7.22. The molecule has 32 heavy (non-hydrogen) atoms. The van der Waals surface area contributed by atoms with Gasteiger partial charge in [-0.15, -0.1) is 0 Å². The highest BCUT2D eigenvalue weighted by atomic mass is 35.5. The van der Waals surface area contributed by atoms with Crippen molar-refractivity contribution in [3.05, 3.63) is 81.4 Å². The van der Waals surface area contributed by atoms with Crippen LogP contribution in [0.3, 0.4) is 0 Å². The maximum atomic E-state index is 13.0. The molecule has 10 heteroatoms. The van der Waals surface area contributed by atoms with Crippen LogP contribution in [0.1, 0.15) is 10.4 Å². The van der Waals surface area contributed by atoms with Crippen LogP contribution in [0.25, 0.3) is 10.2 Å². The molecule has 4 aromatic rings. The summed E-state index contributed by atoms with van der Waals surface area (Å²) < 4.78 is 12.0. The summed E-state index contributed by atoms with van der Waals surface area (Å²) in [7, 11) is 3.07. The lowest BCUT2D eigenvalue weighted by Gasteiger charge is -2.16. The van der Waals surface area contributed by atoms with Crippen LogP contribution in [0.2, 0.25) is 5.02 Å². The minimum Gasteiger partial charge on any atom is -0.493 e. The van der Waals surface area contributed by atoms with E-state index >= 15 is 0 Å². The van der Waals surface area contributed by atoms with Crippen LogP contribution < -0.4 is 14.4 Å². The zero-order valence-corrected chi connectivity index (χ0v) is 18.5. The Bertz CT molecular complexity index is 1310. The van der Waals surface area contributed by atoms with Crippen molar-refractivity contribution in [1.82, 2.24) is 4.98 Å². The number of aromatic nitrogens is 1. The molecular weight excluding hydrogens is 454 g/mol. The molecule has 0 saturated heterocycles. The van der Waals surface area contributed by atoms with Gasteiger partial charge < -0.3 is 9.47 Å². The second-order valence-corrected chi connectivity index (χ2v) is 8.11. The number of benzene rings is 3. The number of para-hydroxylation sites is 1. The van der Waals surface area contributed by atoms with Crippen LogP contribution >= 0.6 is 22.9 Å². The molecule has 0 aliphatic carbocycles. The smallest absolute Gasteiger partial charge is 0.313 e. The summed E-state index contributed by atoms with van der Waals surface area (Å²) in [6.45, 7) is 0. The number of thiazole rings is 1. The monoisotopic (exact) mass is 469 g/mol. The number of hydrogen-bond acceptors (Lipinski definition) is 7. The van der Waals surface area contributed by atoms with Crippen molar-refractivity contribution < 1.29 is 19.2 Å². The normalized spacial score (nSPS) is 10.7. The van der Waals surface area contributed by atoms with Crippen molar-refractivity contribution in [2.75, 3.05) is 19.1 Å². The van der Waals surface area contributed by atoms with Gasteiger partial charge in [0.1, 0.15) is 0 Å². The number of anilines is 1. The quantitative estimate of drug-likeness (QED) is 0.256. The fourth-order valence-corrected chi connectivity index (χ4v) is 4.10. The van der Waals surface area contributed by atoms with Gasteiger partial charge in [0.2, 0.25) is 5.75 Å². The number of nitrogens with zero attached hydrogens (tertiary/aromatic N) is 3. The first kappa shape index (κ1) is 21.5. The van der Waals surface area contributed by atoms with Crippen LogP contribution in [-0.2, 0) is 0 Å². The van der Waals surface area contributed by atoms with Crippen LogP contribution in [-0.4, -0.2) is 30.0 Å². The van der Waals surface area contributed by atoms with E-state index in [0.29, 0.717) is 10.7 Å². The molecule has 0 fully saturated rings. The van der Waals surface area contributed by atoms with E-state index in [9.17, 15) is 14.9 Å². The first-order valence-corrected chi connectivity index (χ1v) is 10.5. The van der Waals surface area contributed by atoms with Gasteiger partial charge in [-0.2, -0.15) is 0 Å². The maximum absolute atomic E-state index is 13.0. The number of amides is 1. The summed E-state index contributed by atoms with van der Waals surface area (Å²) in [5.41, 5.74) is 0.884. The standard InChI is InChI=1S/C22H16ClN3O5S/c1-25(22-24-15-5-3-4-6-20(15)32-22)21(27)13-7-9-18(19(11-13)30-2)31-17-10-8-14(23)12-16(17)26(28)29/h3-12H,1-2H3. The van der Waals surface area contributed by atoms with Crippen molar-refractivity contribution in [3.8, 4) is 17.2 Å². The van der Waals surface area contributed by atoms with Gasteiger partial charge in [0.05, 0.1) is 22.2 Å². The number of hydrogen-bond donors (Lipinski definition) is 0. The van der Waals surface area contributed by atoms with Crippen molar-refractivity contribution in [3.63, 3.8) is 0 Å². The van der Waals surface area contributed by atoms with E-state index in [1.54, 1.807) is 13.1 Å².